The fourth-order valence-corrected chi connectivity index (χ4v) is 7.05. The van der Waals surface area contributed by atoms with Gasteiger partial charge in [0.05, 0.1) is 15.9 Å². The monoisotopic (exact) mass is 646 g/mol. The lowest BCUT2D eigenvalue weighted by Crippen LogP contribution is -2.00. The van der Waals surface area contributed by atoms with Crippen LogP contribution in [0.25, 0.3) is 88.4 Å². The van der Waals surface area contributed by atoms with Crippen LogP contribution in [0.4, 0.5) is 0 Å². The third-order valence-corrected chi connectivity index (χ3v) is 9.57. The Labute approximate surface area is 286 Å². The number of pyridine rings is 1. The predicted molar refractivity (Wildman–Crippen MR) is 199 cm³/mol. The molecule has 6 nitrogen and oxygen atoms in total. The summed E-state index contributed by atoms with van der Waals surface area (Å²) in [6.07, 6.45) is 1.82. The summed E-state index contributed by atoms with van der Waals surface area (Å²) in [6.45, 7) is 0. The molecule has 0 radical (unpaired) electrons. The summed E-state index contributed by atoms with van der Waals surface area (Å²) in [7, 11) is 0. The Hall–Kier alpha value is -6.44. The zero-order chi connectivity index (χ0) is 32.6. The first-order valence-corrected chi connectivity index (χ1v) is 16.8. The van der Waals surface area contributed by atoms with Gasteiger partial charge in [0.2, 0.25) is 0 Å². The lowest BCUT2D eigenvalue weighted by molar-refractivity contribution is 1.07. The molecule has 49 heavy (non-hydrogen) atoms. The third kappa shape index (κ3) is 5.52. The van der Waals surface area contributed by atoms with Gasteiger partial charge >= 0.3 is 0 Å². The number of fused-ring (bicyclic) bond motifs is 3. The molecule has 9 aromatic rings. The van der Waals surface area contributed by atoms with Crippen LogP contribution >= 0.6 is 11.3 Å². The molecule has 0 aliphatic heterocycles. The smallest absolute Gasteiger partial charge is 0.164 e. The molecule has 0 fully saturated rings. The van der Waals surface area contributed by atoms with Gasteiger partial charge in [0, 0.05) is 39.4 Å². The van der Waals surface area contributed by atoms with Crippen molar-refractivity contribution in [2.24, 2.45) is 0 Å². The van der Waals surface area contributed by atoms with E-state index in [-0.39, 0.29) is 0 Å². The van der Waals surface area contributed by atoms with Gasteiger partial charge in [0.25, 0.3) is 0 Å². The fourth-order valence-electron chi connectivity index (χ4n) is 5.96. The summed E-state index contributed by atoms with van der Waals surface area (Å²) in [5, 5.41) is 1.02. The summed E-state index contributed by atoms with van der Waals surface area (Å²) < 4.78 is 1.00. The Kier molecular flexibility index (Phi) is 7.22. The Morgan fingerprint density at radius 1 is 0.347 bits per heavy atom. The zero-order valence-electron chi connectivity index (χ0n) is 26.1. The van der Waals surface area contributed by atoms with E-state index in [1.807, 2.05) is 79.0 Å². The van der Waals surface area contributed by atoms with Gasteiger partial charge in [0.15, 0.2) is 23.3 Å². The molecule has 4 heterocycles. The van der Waals surface area contributed by atoms with E-state index in [0.29, 0.717) is 23.3 Å². The van der Waals surface area contributed by atoms with Gasteiger partial charge in [-0.25, -0.2) is 29.9 Å². The van der Waals surface area contributed by atoms with Crippen molar-refractivity contribution >= 4 is 31.8 Å². The highest BCUT2D eigenvalue weighted by Crippen LogP contribution is 2.39. The first-order chi connectivity index (χ1) is 24.3. The van der Waals surface area contributed by atoms with E-state index in [9.17, 15) is 0 Å². The van der Waals surface area contributed by atoms with Crippen molar-refractivity contribution in [2.45, 2.75) is 0 Å². The molecule has 0 atom stereocenters. The van der Waals surface area contributed by atoms with Gasteiger partial charge in [-0.1, -0.05) is 140 Å². The van der Waals surface area contributed by atoms with Crippen molar-refractivity contribution in [1.82, 2.24) is 29.9 Å². The Morgan fingerprint density at radius 3 is 1.33 bits per heavy atom. The Morgan fingerprint density at radius 2 is 0.776 bits per heavy atom. The highest BCUT2D eigenvalue weighted by Gasteiger charge is 2.18. The van der Waals surface area contributed by atoms with E-state index in [1.165, 1.54) is 5.56 Å². The molecule has 0 aliphatic carbocycles. The van der Waals surface area contributed by atoms with E-state index >= 15 is 0 Å². The number of aromatic nitrogens is 6. The van der Waals surface area contributed by atoms with Crippen LogP contribution in [-0.4, -0.2) is 29.9 Å². The molecule has 0 bridgehead atoms. The molecule has 0 aliphatic rings. The molecule has 5 aromatic carbocycles. The van der Waals surface area contributed by atoms with Gasteiger partial charge < -0.3 is 0 Å². The van der Waals surface area contributed by atoms with E-state index in [4.69, 9.17) is 24.9 Å². The summed E-state index contributed by atoms with van der Waals surface area (Å²) in [5.41, 5.74) is 8.79. The molecule has 7 heteroatoms. The van der Waals surface area contributed by atoms with Gasteiger partial charge in [0.1, 0.15) is 4.83 Å². The molecule has 0 N–H and O–H groups in total. The van der Waals surface area contributed by atoms with Crippen LogP contribution in [-0.2, 0) is 0 Å². The van der Waals surface area contributed by atoms with Crippen molar-refractivity contribution in [3.8, 4) is 67.9 Å². The lowest BCUT2D eigenvalue weighted by Gasteiger charge is -2.10. The van der Waals surface area contributed by atoms with E-state index in [0.717, 1.165) is 59.5 Å². The minimum atomic E-state index is 0.609. The molecule has 0 saturated heterocycles. The molecule has 230 valence electrons. The van der Waals surface area contributed by atoms with Crippen LogP contribution in [0, 0.1) is 0 Å². The lowest BCUT2D eigenvalue weighted by atomic mass is 10.0. The standard InChI is InChI=1S/C42H26N6S/c1-4-11-27(12-5-1)28-18-22-32(23-19-28)38-44-35(37-36(45-38)34-17-10-26-43-42(34)49-37)29-20-24-33(25-21-29)41-47-39(30-13-6-2-7-14-30)46-40(48-41)31-15-8-3-9-16-31/h1-26H. The van der Waals surface area contributed by atoms with E-state index in [2.05, 4.69) is 83.8 Å². The van der Waals surface area contributed by atoms with Crippen LogP contribution in [0.5, 0.6) is 0 Å². The Balaban J connectivity index is 1.15. The van der Waals surface area contributed by atoms with Gasteiger partial charge in [-0.05, 0) is 23.3 Å². The summed E-state index contributed by atoms with van der Waals surface area (Å²) in [6, 6.07) is 51.2. The van der Waals surface area contributed by atoms with Crippen molar-refractivity contribution in [3.63, 3.8) is 0 Å². The summed E-state index contributed by atoms with van der Waals surface area (Å²) in [5.74, 6) is 2.54. The molecule has 0 saturated carbocycles. The van der Waals surface area contributed by atoms with Gasteiger partial charge in [-0.2, -0.15) is 0 Å². The average Bonchev–Trinajstić information content (AvgIpc) is 3.57. The first-order valence-electron chi connectivity index (χ1n) is 16.0. The molecular formula is C42H26N6S. The predicted octanol–water partition coefficient (Wildman–Crippen LogP) is 10.4. The largest absolute Gasteiger partial charge is 0.245 e. The number of benzene rings is 5. The quantitative estimate of drug-likeness (QED) is 0.179. The molecule has 0 unspecified atom stereocenters. The first kappa shape index (κ1) is 28.8. The van der Waals surface area contributed by atoms with Gasteiger partial charge in [-0.15, -0.1) is 11.3 Å². The van der Waals surface area contributed by atoms with Crippen LogP contribution < -0.4 is 0 Å². The summed E-state index contributed by atoms with van der Waals surface area (Å²) in [4.78, 5) is 30.5. The SMILES string of the molecule is c1ccc(-c2ccc(-c3nc(-c4ccc(-c5nc(-c6ccccc6)nc(-c6ccccc6)n5)cc4)c4sc5ncccc5c4n3)cc2)cc1. The Bertz CT molecular complexity index is 2510. The number of hydrogen-bond acceptors (Lipinski definition) is 7. The second-order valence-electron chi connectivity index (χ2n) is 11.6. The van der Waals surface area contributed by atoms with Crippen molar-refractivity contribution in [1.29, 1.82) is 0 Å². The molecule has 0 spiro atoms. The van der Waals surface area contributed by atoms with Crippen molar-refractivity contribution in [3.05, 3.63) is 158 Å². The van der Waals surface area contributed by atoms with Crippen LogP contribution in [0.1, 0.15) is 0 Å². The second-order valence-corrected chi connectivity index (χ2v) is 12.6. The van der Waals surface area contributed by atoms with Gasteiger partial charge in [-0.3, -0.25) is 0 Å². The maximum Gasteiger partial charge on any atom is 0.164 e. The minimum absolute atomic E-state index is 0.609. The fraction of sp³-hybridized carbons (Fsp3) is 0. The number of hydrogen-bond donors (Lipinski definition) is 0. The highest BCUT2D eigenvalue weighted by atomic mass is 32.1. The van der Waals surface area contributed by atoms with Crippen molar-refractivity contribution < 1.29 is 0 Å². The summed E-state index contributed by atoms with van der Waals surface area (Å²) >= 11 is 1.62. The maximum absolute atomic E-state index is 5.18. The number of rotatable bonds is 6. The maximum atomic E-state index is 5.18. The number of thiophene rings is 1. The second kappa shape index (κ2) is 12.3. The molecule has 4 aromatic heterocycles. The molecular weight excluding hydrogens is 621 g/mol. The topological polar surface area (TPSA) is 77.3 Å². The highest BCUT2D eigenvalue weighted by molar-refractivity contribution is 7.25. The van der Waals surface area contributed by atoms with Crippen LogP contribution in [0.2, 0.25) is 0 Å². The number of nitrogens with zero attached hydrogens (tertiary/aromatic N) is 6. The molecule has 0 amide bonds. The van der Waals surface area contributed by atoms with Crippen LogP contribution in [0.15, 0.2) is 158 Å². The minimum Gasteiger partial charge on any atom is -0.245 e. The van der Waals surface area contributed by atoms with Crippen molar-refractivity contribution in [2.75, 3.05) is 0 Å². The normalized spacial score (nSPS) is 11.3. The van der Waals surface area contributed by atoms with Crippen LogP contribution in [0.3, 0.4) is 0 Å². The van der Waals surface area contributed by atoms with E-state index in [1.54, 1.807) is 11.3 Å². The third-order valence-electron chi connectivity index (χ3n) is 8.46. The van der Waals surface area contributed by atoms with E-state index < -0.39 is 0 Å². The molecule has 9 rings (SSSR count). The average molecular weight is 647 g/mol. The zero-order valence-corrected chi connectivity index (χ0v) is 26.9.